The van der Waals surface area contributed by atoms with Crippen LogP contribution in [0.15, 0.2) is 83.5 Å². The first-order chi connectivity index (χ1) is 16.5. The normalized spacial score (nSPS) is 17.6. The number of nitrogens with zero attached hydrogens (tertiary/aromatic N) is 3. The second-order valence-corrected chi connectivity index (χ2v) is 9.64. The molecule has 0 amide bonds. The molecule has 3 heterocycles. The Labute approximate surface area is 213 Å². The largest absolute Gasteiger partial charge is 0.497 e. The average molecular weight is 533 g/mol. The monoisotopic (exact) mass is 532 g/mol. The van der Waals surface area contributed by atoms with Gasteiger partial charge in [-0.2, -0.15) is 0 Å². The molecular weight excluding hydrogens is 508 g/mol. The fraction of sp³-hybridized carbons (Fsp3) is 0.185. The molecule has 5 nitrogen and oxygen atoms in total. The molecule has 2 aromatic heterocycles. The Morgan fingerprint density at radius 2 is 1.76 bits per heavy atom. The van der Waals surface area contributed by atoms with Crippen molar-refractivity contribution in [2.24, 2.45) is 0 Å². The SMILES string of the molecule is COc1cccc(N2C(=S)NC(c3ccccn3)C2c2cc(C)n(-c3cccc(Br)c3)c2C)c1. The molecule has 7 heteroatoms. The van der Waals surface area contributed by atoms with Crippen LogP contribution in [-0.4, -0.2) is 21.8 Å². The molecule has 172 valence electrons. The lowest BCUT2D eigenvalue weighted by molar-refractivity contribution is 0.415. The summed E-state index contributed by atoms with van der Waals surface area (Å²) in [4.78, 5) is 6.86. The predicted octanol–water partition coefficient (Wildman–Crippen LogP) is 6.44. The highest BCUT2D eigenvalue weighted by Crippen LogP contribution is 2.44. The van der Waals surface area contributed by atoms with E-state index in [4.69, 9.17) is 17.0 Å². The number of anilines is 1. The molecule has 2 aromatic carbocycles. The van der Waals surface area contributed by atoms with Crippen LogP contribution < -0.4 is 15.0 Å². The number of halogens is 1. The molecule has 1 saturated heterocycles. The number of thiocarbonyl (C=S) groups is 1. The third kappa shape index (κ3) is 3.99. The Hall–Kier alpha value is -3.16. The highest BCUT2D eigenvalue weighted by atomic mass is 79.9. The molecule has 34 heavy (non-hydrogen) atoms. The molecule has 0 radical (unpaired) electrons. The Bertz CT molecular complexity index is 1350. The molecule has 0 spiro atoms. The number of aryl methyl sites for hydroxylation is 1. The molecule has 0 bridgehead atoms. The molecule has 2 unspecified atom stereocenters. The fourth-order valence-electron chi connectivity index (χ4n) is 4.81. The van der Waals surface area contributed by atoms with E-state index >= 15 is 0 Å². The van der Waals surface area contributed by atoms with Crippen LogP contribution in [-0.2, 0) is 0 Å². The summed E-state index contributed by atoms with van der Waals surface area (Å²) in [5.74, 6) is 0.792. The molecular formula is C27H25BrN4OS. The number of hydrogen-bond acceptors (Lipinski definition) is 3. The lowest BCUT2D eigenvalue weighted by Crippen LogP contribution is -2.29. The minimum absolute atomic E-state index is 0.0818. The first-order valence-corrected chi connectivity index (χ1v) is 12.3. The lowest BCUT2D eigenvalue weighted by atomic mass is 9.96. The summed E-state index contributed by atoms with van der Waals surface area (Å²) in [5, 5.41) is 4.21. The molecule has 1 aliphatic rings. The van der Waals surface area contributed by atoms with Crippen LogP contribution in [0.25, 0.3) is 5.69 Å². The van der Waals surface area contributed by atoms with Crippen LogP contribution in [0.2, 0.25) is 0 Å². The summed E-state index contributed by atoms with van der Waals surface area (Å²) >= 11 is 9.50. The van der Waals surface area contributed by atoms with Gasteiger partial charge in [-0.25, -0.2) is 0 Å². The molecule has 4 aromatic rings. The topological polar surface area (TPSA) is 42.3 Å². The Balaban J connectivity index is 1.69. The summed E-state index contributed by atoms with van der Waals surface area (Å²) in [6, 6.07) is 24.5. The zero-order chi connectivity index (χ0) is 23.8. The number of aromatic nitrogens is 2. The van der Waals surface area contributed by atoms with Gasteiger partial charge < -0.3 is 19.5 Å². The Morgan fingerprint density at radius 3 is 2.50 bits per heavy atom. The second-order valence-electron chi connectivity index (χ2n) is 8.34. The van der Waals surface area contributed by atoms with Crippen LogP contribution in [0.1, 0.15) is 34.7 Å². The van der Waals surface area contributed by atoms with Gasteiger partial charge in [0.05, 0.1) is 24.9 Å². The molecule has 0 saturated carbocycles. The van der Waals surface area contributed by atoms with E-state index in [9.17, 15) is 0 Å². The van der Waals surface area contributed by atoms with Crippen LogP contribution in [0.5, 0.6) is 5.75 Å². The molecule has 1 aliphatic heterocycles. The van der Waals surface area contributed by atoms with E-state index in [0.717, 1.165) is 33.0 Å². The molecule has 5 rings (SSSR count). The third-order valence-corrected chi connectivity index (χ3v) is 7.09. The maximum absolute atomic E-state index is 5.88. The van der Waals surface area contributed by atoms with Crippen molar-refractivity contribution in [2.45, 2.75) is 25.9 Å². The van der Waals surface area contributed by atoms with Crippen LogP contribution in [0.3, 0.4) is 0 Å². The van der Waals surface area contributed by atoms with Gasteiger partial charge in [0.15, 0.2) is 5.11 Å². The van der Waals surface area contributed by atoms with Crippen molar-refractivity contribution < 1.29 is 4.74 Å². The second kappa shape index (κ2) is 9.24. The van der Waals surface area contributed by atoms with E-state index in [1.165, 1.54) is 11.3 Å². The van der Waals surface area contributed by atoms with Crippen LogP contribution >= 0.6 is 28.1 Å². The molecule has 1 fully saturated rings. The van der Waals surface area contributed by atoms with E-state index in [1.807, 2.05) is 42.6 Å². The van der Waals surface area contributed by atoms with Gasteiger partial charge in [-0.1, -0.05) is 34.1 Å². The lowest BCUT2D eigenvalue weighted by Gasteiger charge is -2.28. The number of ether oxygens (including phenoxy) is 1. The van der Waals surface area contributed by atoms with Crippen molar-refractivity contribution in [3.8, 4) is 11.4 Å². The van der Waals surface area contributed by atoms with Gasteiger partial charge in [0.25, 0.3) is 0 Å². The van der Waals surface area contributed by atoms with E-state index in [2.05, 4.69) is 85.9 Å². The van der Waals surface area contributed by atoms with Gasteiger partial charge in [-0.3, -0.25) is 4.98 Å². The number of benzene rings is 2. The van der Waals surface area contributed by atoms with E-state index in [-0.39, 0.29) is 12.1 Å². The smallest absolute Gasteiger partial charge is 0.174 e. The summed E-state index contributed by atoms with van der Waals surface area (Å²) in [6.45, 7) is 4.31. The van der Waals surface area contributed by atoms with Gasteiger partial charge >= 0.3 is 0 Å². The zero-order valence-corrected chi connectivity index (χ0v) is 21.6. The minimum Gasteiger partial charge on any atom is -0.497 e. The van der Waals surface area contributed by atoms with Gasteiger partial charge in [-0.15, -0.1) is 0 Å². The zero-order valence-electron chi connectivity index (χ0n) is 19.2. The van der Waals surface area contributed by atoms with Gasteiger partial charge in [0, 0.05) is 39.5 Å². The maximum Gasteiger partial charge on any atom is 0.174 e. The van der Waals surface area contributed by atoms with E-state index < -0.39 is 0 Å². The summed E-state index contributed by atoms with van der Waals surface area (Å²) in [6.07, 6.45) is 1.83. The first kappa shape index (κ1) is 22.6. The molecule has 0 aliphatic carbocycles. The van der Waals surface area contributed by atoms with Crippen molar-refractivity contribution >= 4 is 38.9 Å². The summed E-state index contributed by atoms with van der Waals surface area (Å²) < 4.78 is 8.85. The highest BCUT2D eigenvalue weighted by Gasteiger charge is 2.42. The Kier molecular flexibility index (Phi) is 6.15. The van der Waals surface area contributed by atoms with Crippen molar-refractivity contribution in [3.63, 3.8) is 0 Å². The van der Waals surface area contributed by atoms with Crippen molar-refractivity contribution in [1.82, 2.24) is 14.9 Å². The number of pyridine rings is 1. The van der Waals surface area contributed by atoms with Crippen LogP contribution in [0.4, 0.5) is 5.69 Å². The molecule has 1 N–H and O–H groups in total. The first-order valence-electron chi connectivity index (χ1n) is 11.1. The maximum atomic E-state index is 5.88. The standard InChI is InChI=1S/C27H25BrN4OS/c1-17-14-23(18(2)31(17)20-9-6-8-19(28)15-20)26-25(24-12-4-5-13-29-24)30-27(34)32(26)21-10-7-11-22(16-21)33-3/h4-16,25-26H,1-3H3,(H,30,34). The van der Waals surface area contributed by atoms with E-state index in [0.29, 0.717) is 5.11 Å². The van der Waals surface area contributed by atoms with Gasteiger partial charge in [-0.05, 0) is 80.2 Å². The fourth-order valence-corrected chi connectivity index (χ4v) is 5.54. The number of hydrogen-bond donors (Lipinski definition) is 1. The summed E-state index contributed by atoms with van der Waals surface area (Å²) in [7, 11) is 1.68. The van der Waals surface area contributed by atoms with Crippen molar-refractivity contribution in [2.75, 3.05) is 12.0 Å². The quantitative estimate of drug-likeness (QED) is 0.299. The van der Waals surface area contributed by atoms with Crippen LogP contribution in [0, 0.1) is 13.8 Å². The number of methoxy groups -OCH3 is 1. The van der Waals surface area contributed by atoms with Crippen molar-refractivity contribution in [3.05, 3.63) is 106 Å². The predicted molar refractivity (Wildman–Crippen MR) is 144 cm³/mol. The Morgan fingerprint density at radius 1 is 0.971 bits per heavy atom. The average Bonchev–Trinajstić information content (AvgIpc) is 3.34. The number of rotatable bonds is 5. The van der Waals surface area contributed by atoms with E-state index in [1.54, 1.807) is 7.11 Å². The minimum atomic E-state index is -0.101. The highest BCUT2D eigenvalue weighted by molar-refractivity contribution is 9.10. The molecule has 2 atom stereocenters. The summed E-state index contributed by atoms with van der Waals surface area (Å²) in [5.41, 5.74) is 6.57. The van der Waals surface area contributed by atoms with Gasteiger partial charge in [0.1, 0.15) is 5.75 Å². The van der Waals surface area contributed by atoms with Gasteiger partial charge in [0.2, 0.25) is 0 Å². The van der Waals surface area contributed by atoms with Crippen molar-refractivity contribution in [1.29, 1.82) is 0 Å². The third-order valence-electron chi connectivity index (χ3n) is 6.28. The number of nitrogens with one attached hydrogen (secondary N) is 1.